The van der Waals surface area contributed by atoms with Crippen LogP contribution in [0.4, 0.5) is 0 Å². The van der Waals surface area contributed by atoms with Crippen LogP contribution in [-0.4, -0.2) is 12.9 Å². The summed E-state index contributed by atoms with van der Waals surface area (Å²) in [5.41, 5.74) is 1.57. The fraction of sp³-hybridized carbons (Fsp3) is 0.357. The van der Waals surface area contributed by atoms with E-state index in [1.165, 1.54) is 6.42 Å². The van der Waals surface area contributed by atoms with Crippen molar-refractivity contribution in [3.63, 3.8) is 0 Å². The van der Waals surface area contributed by atoms with Crippen molar-refractivity contribution < 1.29 is 9.53 Å². The van der Waals surface area contributed by atoms with Gasteiger partial charge >= 0.3 is 0 Å². The Balaban J connectivity index is 2.27. The van der Waals surface area contributed by atoms with Gasteiger partial charge in [0.1, 0.15) is 5.75 Å². The molecule has 0 bridgehead atoms. The average molecular weight is 251 g/mol. The Bertz CT molecular complexity index is 463. The van der Waals surface area contributed by atoms with Crippen LogP contribution in [0.3, 0.4) is 0 Å². The molecule has 0 saturated carbocycles. The van der Waals surface area contributed by atoms with E-state index >= 15 is 0 Å². The lowest BCUT2D eigenvalue weighted by Crippen LogP contribution is -2.06. The summed E-state index contributed by atoms with van der Waals surface area (Å²) >= 11 is 5.94. The fourth-order valence-corrected chi connectivity index (χ4v) is 2.23. The second-order valence-electron chi connectivity index (χ2n) is 4.15. The summed E-state index contributed by atoms with van der Waals surface area (Å²) in [7, 11) is 1.55. The molecule has 0 heterocycles. The monoisotopic (exact) mass is 250 g/mol. The van der Waals surface area contributed by atoms with Crippen molar-refractivity contribution in [2.75, 3.05) is 7.11 Å². The SMILES string of the molecule is COc1cc(C(=O)C2=CCCCC2)ccc1Cl. The van der Waals surface area contributed by atoms with Gasteiger partial charge in [0.15, 0.2) is 5.78 Å². The molecule has 0 aliphatic heterocycles. The lowest BCUT2D eigenvalue weighted by atomic mass is 9.93. The van der Waals surface area contributed by atoms with Gasteiger partial charge in [0.05, 0.1) is 12.1 Å². The molecule has 0 spiro atoms. The van der Waals surface area contributed by atoms with Gasteiger partial charge in [0.25, 0.3) is 0 Å². The van der Waals surface area contributed by atoms with E-state index in [1.54, 1.807) is 25.3 Å². The van der Waals surface area contributed by atoms with E-state index in [9.17, 15) is 4.79 Å². The molecule has 1 aromatic carbocycles. The number of carbonyl (C=O) groups is 1. The van der Waals surface area contributed by atoms with E-state index in [-0.39, 0.29) is 5.78 Å². The van der Waals surface area contributed by atoms with E-state index in [4.69, 9.17) is 16.3 Å². The molecule has 0 aromatic heterocycles. The zero-order valence-electron chi connectivity index (χ0n) is 9.83. The maximum absolute atomic E-state index is 12.2. The van der Waals surface area contributed by atoms with Gasteiger partial charge in [-0.15, -0.1) is 0 Å². The third-order valence-electron chi connectivity index (χ3n) is 3.00. The lowest BCUT2D eigenvalue weighted by molar-refractivity contribution is 0.102. The standard InChI is InChI=1S/C14H15ClO2/c1-17-13-9-11(7-8-12(13)15)14(16)10-5-3-2-4-6-10/h5,7-9H,2-4,6H2,1H3. The van der Waals surface area contributed by atoms with Gasteiger partial charge in [0, 0.05) is 5.56 Å². The third kappa shape index (κ3) is 2.70. The first kappa shape index (κ1) is 12.2. The lowest BCUT2D eigenvalue weighted by Gasteiger charge is -2.12. The van der Waals surface area contributed by atoms with E-state index in [1.807, 2.05) is 6.08 Å². The number of ketones is 1. The molecular weight excluding hydrogens is 236 g/mol. The van der Waals surface area contributed by atoms with Crippen LogP contribution in [0.5, 0.6) is 5.75 Å². The molecule has 0 fully saturated rings. The molecule has 1 aliphatic carbocycles. The van der Waals surface area contributed by atoms with Crippen LogP contribution in [0.1, 0.15) is 36.0 Å². The average Bonchev–Trinajstić information content (AvgIpc) is 2.39. The number of ether oxygens (including phenoxy) is 1. The molecule has 17 heavy (non-hydrogen) atoms. The summed E-state index contributed by atoms with van der Waals surface area (Å²) in [5, 5.41) is 0.529. The summed E-state index contributed by atoms with van der Waals surface area (Å²) in [4.78, 5) is 12.2. The number of rotatable bonds is 3. The number of hydrogen-bond donors (Lipinski definition) is 0. The van der Waals surface area contributed by atoms with Gasteiger partial charge in [-0.3, -0.25) is 4.79 Å². The first-order valence-corrected chi connectivity index (χ1v) is 6.17. The molecule has 0 N–H and O–H groups in total. The second-order valence-corrected chi connectivity index (χ2v) is 4.56. The molecule has 2 nitrogen and oxygen atoms in total. The number of benzene rings is 1. The van der Waals surface area contributed by atoms with Crippen molar-refractivity contribution in [3.8, 4) is 5.75 Å². The summed E-state index contributed by atoms with van der Waals surface area (Å²) in [6.07, 6.45) is 6.21. The Labute approximate surface area is 106 Å². The zero-order valence-corrected chi connectivity index (χ0v) is 10.6. The van der Waals surface area contributed by atoms with Crippen molar-refractivity contribution in [1.29, 1.82) is 0 Å². The predicted octanol–water partition coefficient (Wildman–Crippen LogP) is 4.03. The van der Waals surface area contributed by atoms with Crippen molar-refractivity contribution in [3.05, 3.63) is 40.4 Å². The second kappa shape index (κ2) is 5.37. The molecule has 0 atom stereocenters. The molecule has 0 amide bonds. The smallest absolute Gasteiger partial charge is 0.188 e. The molecule has 1 aliphatic rings. The van der Waals surface area contributed by atoms with Crippen LogP contribution >= 0.6 is 11.6 Å². The van der Waals surface area contributed by atoms with Crippen LogP contribution in [-0.2, 0) is 0 Å². The molecule has 3 heteroatoms. The molecule has 1 aromatic rings. The van der Waals surface area contributed by atoms with Gasteiger partial charge in [-0.2, -0.15) is 0 Å². The minimum atomic E-state index is 0.0969. The van der Waals surface area contributed by atoms with E-state index in [2.05, 4.69) is 0 Å². The quantitative estimate of drug-likeness (QED) is 0.757. The van der Waals surface area contributed by atoms with Gasteiger partial charge in [-0.05, 0) is 49.5 Å². The number of carbonyl (C=O) groups excluding carboxylic acids is 1. The van der Waals surface area contributed by atoms with Crippen molar-refractivity contribution in [2.24, 2.45) is 0 Å². The Hall–Kier alpha value is -1.28. The van der Waals surface area contributed by atoms with Crippen LogP contribution < -0.4 is 4.74 Å². The zero-order chi connectivity index (χ0) is 12.3. The normalized spacial score (nSPS) is 15.3. The molecule has 0 unspecified atom stereocenters. The highest BCUT2D eigenvalue weighted by atomic mass is 35.5. The van der Waals surface area contributed by atoms with Crippen molar-refractivity contribution in [2.45, 2.75) is 25.7 Å². The van der Waals surface area contributed by atoms with Gasteiger partial charge < -0.3 is 4.74 Å². The minimum absolute atomic E-state index is 0.0969. The number of methoxy groups -OCH3 is 1. The number of Topliss-reactive ketones (excluding diaryl/α,β-unsaturated/α-hetero) is 1. The molecule has 90 valence electrons. The van der Waals surface area contributed by atoms with Crippen LogP contribution in [0.2, 0.25) is 5.02 Å². The molecule has 0 saturated heterocycles. The van der Waals surface area contributed by atoms with Crippen LogP contribution in [0.25, 0.3) is 0 Å². The first-order valence-electron chi connectivity index (χ1n) is 5.79. The maximum Gasteiger partial charge on any atom is 0.188 e. The van der Waals surface area contributed by atoms with Crippen LogP contribution in [0.15, 0.2) is 29.8 Å². The summed E-state index contributed by atoms with van der Waals surface area (Å²) in [6.45, 7) is 0. The number of hydrogen-bond acceptors (Lipinski definition) is 2. The highest BCUT2D eigenvalue weighted by molar-refractivity contribution is 6.32. The van der Waals surface area contributed by atoms with E-state index < -0.39 is 0 Å². The fourth-order valence-electron chi connectivity index (χ4n) is 2.03. The topological polar surface area (TPSA) is 26.3 Å². The van der Waals surface area contributed by atoms with E-state index in [0.717, 1.165) is 24.8 Å². The first-order chi connectivity index (χ1) is 8.22. The summed E-state index contributed by atoms with van der Waals surface area (Å²) < 4.78 is 5.12. The maximum atomic E-state index is 12.2. The molecule has 2 rings (SSSR count). The van der Waals surface area contributed by atoms with Gasteiger partial charge in [0.2, 0.25) is 0 Å². The Morgan fingerprint density at radius 1 is 1.35 bits per heavy atom. The summed E-state index contributed by atoms with van der Waals surface area (Å²) in [5.74, 6) is 0.647. The number of halogens is 1. The van der Waals surface area contributed by atoms with Gasteiger partial charge in [-0.25, -0.2) is 0 Å². The van der Waals surface area contributed by atoms with Crippen molar-refractivity contribution in [1.82, 2.24) is 0 Å². The number of allylic oxidation sites excluding steroid dienone is 2. The molecular formula is C14H15ClO2. The van der Waals surface area contributed by atoms with Gasteiger partial charge in [-0.1, -0.05) is 17.7 Å². The minimum Gasteiger partial charge on any atom is -0.495 e. The largest absolute Gasteiger partial charge is 0.495 e. The summed E-state index contributed by atoms with van der Waals surface area (Å²) in [6, 6.07) is 5.17. The third-order valence-corrected chi connectivity index (χ3v) is 3.31. The predicted molar refractivity (Wildman–Crippen MR) is 68.9 cm³/mol. The molecule has 0 radical (unpaired) electrons. The Morgan fingerprint density at radius 2 is 2.18 bits per heavy atom. The Kier molecular flexibility index (Phi) is 3.85. The highest BCUT2D eigenvalue weighted by Gasteiger charge is 2.15. The van der Waals surface area contributed by atoms with Crippen LogP contribution in [0, 0.1) is 0 Å². The Morgan fingerprint density at radius 3 is 2.82 bits per heavy atom. The van der Waals surface area contributed by atoms with Crippen molar-refractivity contribution >= 4 is 17.4 Å². The highest BCUT2D eigenvalue weighted by Crippen LogP contribution is 2.28. The van der Waals surface area contributed by atoms with E-state index in [0.29, 0.717) is 16.3 Å².